The second kappa shape index (κ2) is 7.41. The predicted molar refractivity (Wildman–Crippen MR) is 92.6 cm³/mol. The highest BCUT2D eigenvalue weighted by Crippen LogP contribution is 2.32. The van der Waals surface area contributed by atoms with E-state index in [9.17, 15) is 19.7 Å². The highest BCUT2D eigenvalue weighted by Gasteiger charge is 2.16. The molecule has 8 nitrogen and oxygen atoms in total. The molecule has 0 saturated carbocycles. The average molecular weight is 366 g/mol. The van der Waals surface area contributed by atoms with Gasteiger partial charge in [0.05, 0.1) is 20.6 Å². The Kier molecular flexibility index (Phi) is 5.52. The van der Waals surface area contributed by atoms with Gasteiger partial charge in [0.15, 0.2) is 5.13 Å². The van der Waals surface area contributed by atoms with E-state index < -0.39 is 16.7 Å². The van der Waals surface area contributed by atoms with Gasteiger partial charge in [0.1, 0.15) is 0 Å². The van der Waals surface area contributed by atoms with Crippen LogP contribution in [0.1, 0.15) is 21.6 Å². The summed E-state index contributed by atoms with van der Waals surface area (Å²) in [6.45, 7) is 3.34. The molecular formula is C14H14N4O4S2. The fourth-order valence-electron chi connectivity index (χ4n) is 1.88. The van der Waals surface area contributed by atoms with Gasteiger partial charge in [-0.2, -0.15) is 0 Å². The first kappa shape index (κ1) is 17.9. The van der Waals surface area contributed by atoms with Gasteiger partial charge in [0.2, 0.25) is 5.91 Å². The Morgan fingerprint density at radius 1 is 1.42 bits per heavy atom. The molecule has 0 spiro atoms. The molecule has 1 aromatic heterocycles. The zero-order valence-electron chi connectivity index (χ0n) is 12.9. The number of rotatable bonds is 6. The van der Waals surface area contributed by atoms with Crippen LogP contribution >= 0.6 is 23.1 Å². The van der Waals surface area contributed by atoms with Crippen LogP contribution in [0, 0.1) is 24.0 Å². The number of carbonyl (C=O) groups excluding carboxylic acids is 2. The molecule has 2 aromatic rings. The van der Waals surface area contributed by atoms with Gasteiger partial charge >= 0.3 is 0 Å². The van der Waals surface area contributed by atoms with Gasteiger partial charge in [-0.05, 0) is 26.0 Å². The van der Waals surface area contributed by atoms with Crippen molar-refractivity contribution in [2.75, 3.05) is 11.1 Å². The van der Waals surface area contributed by atoms with E-state index in [0.29, 0.717) is 22.0 Å². The van der Waals surface area contributed by atoms with Crippen LogP contribution in [-0.4, -0.2) is 27.5 Å². The molecule has 0 aliphatic rings. The number of thiazole rings is 1. The molecule has 0 unspecified atom stereocenters. The summed E-state index contributed by atoms with van der Waals surface area (Å²) in [5.41, 5.74) is 6.47. The van der Waals surface area contributed by atoms with Crippen LogP contribution in [-0.2, 0) is 4.79 Å². The van der Waals surface area contributed by atoms with E-state index in [0.717, 1.165) is 4.21 Å². The first-order valence-corrected chi connectivity index (χ1v) is 8.53. The Hall–Kier alpha value is -2.46. The van der Waals surface area contributed by atoms with E-state index in [1.54, 1.807) is 13.8 Å². The lowest BCUT2D eigenvalue weighted by Crippen LogP contribution is -2.12. The number of benzene rings is 1. The Labute approximate surface area is 145 Å². The van der Waals surface area contributed by atoms with Crippen molar-refractivity contribution in [1.82, 2.24) is 4.98 Å². The summed E-state index contributed by atoms with van der Waals surface area (Å²) in [7, 11) is 0. The number of nitrogens with zero attached hydrogens (tertiary/aromatic N) is 2. The van der Waals surface area contributed by atoms with E-state index in [1.165, 1.54) is 41.3 Å². The van der Waals surface area contributed by atoms with Gasteiger partial charge in [0.25, 0.3) is 11.6 Å². The second-order valence-corrected chi connectivity index (χ2v) is 7.10. The summed E-state index contributed by atoms with van der Waals surface area (Å²) in [4.78, 5) is 37.6. The fourth-order valence-corrected chi connectivity index (χ4v) is 3.75. The van der Waals surface area contributed by atoms with Gasteiger partial charge in [-0.25, -0.2) is 4.98 Å². The van der Waals surface area contributed by atoms with Crippen molar-refractivity contribution in [3.8, 4) is 0 Å². The maximum atomic E-state index is 12.2. The molecule has 0 saturated heterocycles. The lowest BCUT2D eigenvalue weighted by molar-refractivity contribution is -0.385. The van der Waals surface area contributed by atoms with E-state index in [-0.39, 0.29) is 11.4 Å². The van der Waals surface area contributed by atoms with Crippen molar-refractivity contribution >= 4 is 45.7 Å². The highest BCUT2D eigenvalue weighted by molar-refractivity contribution is 8.01. The standard InChI is InChI=1S/C14H14N4O4S2/c1-7-5-9(3-4-10(7)18(21)22)12(20)17-14-16-8(2)13(24-14)23-6-11(15)19/h3-5H,6H2,1-2H3,(H2,15,19)(H,16,17,20). The number of primary amides is 1. The summed E-state index contributed by atoms with van der Waals surface area (Å²) < 4.78 is 0.795. The summed E-state index contributed by atoms with van der Waals surface area (Å²) in [6, 6.07) is 4.14. The predicted octanol–water partition coefficient (Wildman–Crippen LogP) is 2.50. The molecular weight excluding hydrogens is 352 g/mol. The third kappa shape index (κ3) is 4.30. The first-order valence-electron chi connectivity index (χ1n) is 6.73. The summed E-state index contributed by atoms with van der Waals surface area (Å²) in [5.74, 6) is -0.703. The van der Waals surface area contributed by atoms with E-state index >= 15 is 0 Å². The molecule has 0 aliphatic heterocycles. The van der Waals surface area contributed by atoms with Crippen LogP contribution in [0.3, 0.4) is 0 Å². The second-order valence-electron chi connectivity index (χ2n) is 4.86. The van der Waals surface area contributed by atoms with Crippen LogP contribution in [0.25, 0.3) is 0 Å². The number of nitrogens with one attached hydrogen (secondary N) is 1. The molecule has 0 bridgehead atoms. The minimum Gasteiger partial charge on any atom is -0.369 e. The van der Waals surface area contributed by atoms with E-state index in [1.807, 2.05) is 0 Å². The Bertz CT molecular complexity index is 819. The Balaban J connectivity index is 2.12. The number of carbonyl (C=O) groups is 2. The Morgan fingerprint density at radius 3 is 2.71 bits per heavy atom. The van der Waals surface area contributed by atoms with Gasteiger partial charge in [-0.3, -0.25) is 25.0 Å². The normalized spacial score (nSPS) is 10.4. The maximum absolute atomic E-state index is 12.2. The van der Waals surface area contributed by atoms with Crippen molar-refractivity contribution in [2.45, 2.75) is 18.1 Å². The number of hydrogen-bond acceptors (Lipinski definition) is 7. The average Bonchev–Trinajstić information content (AvgIpc) is 2.84. The van der Waals surface area contributed by atoms with E-state index in [4.69, 9.17) is 5.73 Å². The molecule has 2 rings (SSSR count). The monoisotopic (exact) mass is 366 g/mol. The van der Waals surface area contributed by atoms with Gasteiger partial charge in [-0.1, -0.05) is 11.3 Å². The van der Waals surface area contributed by atoms with Gasteiger partial charge in [0, 0.05) is 17.2 Å². The quantitative estimate of drug-likeness (QED) is 0.459. The van der Waals surface area contributed by atoms with Crippen LogP contribution < -0.4 is 11.1 Å². The molecule has 3 N–H and O–H groups in total. The van der Waals surface area contributed by atoms with E-state index in [2.05, 4.69) is 10.3 Å². The van der Waals surface area contributed by atoms with Crippen molar-refractivity contribution in [2.24, 2.45) is 5.73 Å². The van der Waals surface area contributed by atoms with Crippen LogP contribution in [0.5, 0.6) is 0 Å². The maximum Gasteiger partial charge on any atom is 0.272 e. The topological polar surface area (TPSA) is 128 Å². The number of aromatic nitrogens is 1. The van der Waals surface area contributed by atoms with Crippen molar-refractivity contribution in [3.05, 3.63) is 45.1 Å². The summed E-state index contributed by atoms with van der Waals surface area (Å²) in [6.07, 6.45) is 0. The number of nitrogens with two attached hydrogens (primary N) is 1. The Morgan fingerprint density at radius 2 is 2.12 bits per heavy atom. The summed E-state index contributed by atoms with van der Waals surface area (Å²) >= 11 is 2.50. The number of anilines is 1. The largest absolute Gasteiger partial charge is 0.369 e. The number of aryl methyl sites for hydroxylation is 2. The molecule has 126 valence electrons. The highest BCUT2D eigenvalue weighted by atomic mass is 32.2. The molecule has 0 radical (unpaired) electrons. The smallest absolute Gasteiger partial charge is 0.272 e. The fraction of sp³-hybridized carbons (Fsp3) is 0.214. The lowest BCUT2D eigenvalue weighted by atomic mass is 10.1. The van der Waals surface area contributed by atoms with Gasteiger partial charge < -0.3 is 5.73 Å². The zero-order chi connectivity index (χ0) is 17.9. The third-order valence-electron chi connectivity index (χ3n) is 2.98. The molecule has 1 aromatic carbocycles. The zero-order valence-corrected chi connectivity index (χ0v) is 14.5. The lowest BCUT2D eigenvalue weighted by Gasteiger charge is -2.03. The molecule has 2 amide bonds. The number of thioether (sulfide) groups is 1. The van der Waals surface area contributed by atoms with Crippen molar-refractivity contribution < 1.29 is 14.5 Å². The molecule has 0 atom stereocenters. The molecule has 0 aliphatic carbocycles. The molecule has 1 heterocycles. The molecule has 10 heteroatoms. The first-order chi connectivity index (χ1) is 11.3. The SMILES string of the molecule is Cc1cc(C(=O)Nc2nc(C)c(SCC(N)=O)s2)ccc1[N+](=O)[O-]. The van der Waals surface area contributed by atoms with Crippen LogP contribution in [0.2, 0.25) is 0 Å². The van der Waals surface area contributed by atoms with Crippen LogP contribution in [0.4, 0.5) is 10.8 Å². The number of nitro benzene ring substituents is 1. The van der Waals surface area contributed by atoms with Crippen molar-refractivity contribution in [1.29, 1.82) is 0 Å². The molecule has 0 fully saturated rings. The number of hydrogen-bond donors (Lipinski definition) is 2. The van der Waals surface area contributed by atoms with Gasteiger partial charge in [-0.15, -0.1) is 11.8 Å². The molecule has 24 heavy (non-hydrogen) atoms. The summed E-state index contributed by atoms with van der Waals surface area (Å²) in [5, 5.41) is 13.8. The minimum absolute atomic E-state index is 0.0400. The third-order valence-corrected chi connectivity index (χ3v) is 5.43. The minimum atomic E-state index is -0.497. The number of amides is 2. The van der Waals surface area contributed by atoms with Crippen molar-refractivity contribution in [3.63, 3.8) is 0 Å². The van der Waals surface area contributed by atoms with Crippen LogP contribution in [0.15, 0.2) is 22.4 Å². The number of nitro groups is 1.